The Morgan fingerprint density at radius 1 is 1.29 bits per heavy atom. The summed E-state index contributed by atoms with van der Waals surface area (Å²) in [5.74, 6) is 0.0187. The molecule has 94 valence electrons. The summed E-state index contributed by atoms with van der Waals surface area (Å²) in [6.07, 6.45) is 4.12. The predicted molar refractivity (Wildman–Crippen MR) is 71.1 cm³/mol. The quantitative estimate of drug-likeness (QED) is 0.710. The van der Waals surface area contributed by atoms with Crippen LogP contribution in [-0.2, 0) is 6.42 Å². The lowest BCUT2D eigenvalue weighted by molar-refractivity contribution is 0.0952. The maximum absolute atomic E-state index is 12.0. The van der Waals surface area contributed by atoms with Crippen LogP contribution in [0.2, 0.25) is 0 Å². The lowest BCUT2D eigenvalue weighted by Gasteiger charge is -2.09. The van der Waals surface area contributed by atoms with Gasteiger partial charge in [-0.2, -0.15) is 0 Å². The van der Waals surface area contributed by atoms with E-state index in [2.05, 4.69) is 12.2 Å². The third-order valence-corrected chi connectivity index (χ3v) is 2.74. The van der Waals surface area contributed by atoms with Gasteiger partial charge >= 0.3 is 0 Å². The standard InChI is InChI=1S/C14H22N2O/c1-2-3-6-11-16-14(17)13-8-5-4-7-12(13)9-10-15/h4-5,7-8H,2-3,6,9-11,15H2,1H3,(H,16,17). The van der Waals surface area contributed by atoms with E-state index in [-0.39, 0.29) is 5.91 Å². The van der Waals surface area contributed by atoms with Gasteiger partial charge in [0.2, 0.25) is 0 Å². The van der Waals surface area contributed by atoms with E-state index in [1.54, 1.807) is 0 Å². The van der Waals surface area contributed by atoms with E-state index in [9.17, 15) is 4.79 Å². The van der Waals surface area contributed by atoms with Gasteiger partial charge in [-0.15, -0.1) is 0 Å². The number of unbranched alkanes of at least 4 members (excludes halogenated alkanes) is 2. The average Bonchev–Trinajstić information content (AvgIpc) is 2.35. The molecule has 0 heterocycles. The molecule has 0 saturated carbocycles. The van der Waals surface area contributed by atoms with Gasteiger partial charge in [-0.3, -0.25) is 4.79 Å². The number of carbonyl (C=O) groups excluding carboxylic acids is 1. The number of carbonyl (C=O) groups is 1. The highest BCUT2D eigenvalue weighted by Gasteiger charge is 2.09. The minimum absolute atomic E-state index is 0.0187. The normalized spacial score (nSPS) is 10.2. The molecule has 0 atom stereocenters. The summed E-state index contributed by atoms with van der Waals surface area (Å²) >= 11 is 0. The second-order valence-corrected chi connectivity index (χ2v) is 4.16. The van der Waals surface area contributed by atoms with Crippen LogP contribution in [0.5, 0.6) is 0 Å². The molecule has 1 aromatic carbocycles. The van der Waals surface area contributed by atoms with Gasteiger partial charge in [0.05, 0.1) is 0 Å². The fourth-order valence-electron chi connectivity index (χ4n) is 1.79. The Morgan fingerprint density at radius 3 is 2.76 bits per heavy atom. The molecule has 0 aliphatic carbocycles. The van der Waals surface area contributed by atoms with E-state index < -0.39 is 0 Å². The Morgan fingerprint density at radius 2 is 2.06 bits per heavy atom. The highest BCUT2D eigenvalue weighted by Crippen LogP contribution is 2.09. The van der Waals surface area contributed by atoms with Crippen molar-refractivity contribution in [1.29, 1.82) is 0 Å². The van der Waals surface area contributed by atoms with Crippen molar-refractivity contribution in [2.24, 2.45) is 5.73 Å². The lowest BCUT2D eigenvalue weighted by Crippen LogP contribution is -2.25. The Kier molecular flexibility index (Phi) is 6.33. The van der Waals surface area contributed by atoms with E-state index in [0.717, 1.165) is 36.9 Å². The molecule has 0 bridgehead atoms. The summed E-state index contributed by atoms with van der Waals surface area (Å²) in [6, 6.07) is 7.66. The van der Waals surface area contributed by atoms with Crippen LogP contribution in [0.25, 0.3) is 0 Å². The minimum atomic E-state index is 0.0187. The first-order chi connectivity index (χ1) is 8.29. The molecule has 1 amide bonds. The van der Waals surface area contributed by atoms with E-state index in [0.29, 0.717) is 6.54 Å². The predicted octanol–water partition coefficient (Wildman–Crippen LogP) is 2.11. The van der Waals surface area contributed by atoms with Gasteiger partial charge in [-0.25, -0.2) is 0 Å². The van der Waals surface area contributed by atoms with Gasteiger partial charge in [0.1, 0.15) is 0 Å². The number of hydrogen-bond acceptors (Lipinski definition) is 2. The first-order valence-corrected chi connectivity index (χ1v) is 6.35. The monoisotopic (exact) mass is 234 g/mol. The zero-order valence-electron chi connectivity index (χ0n) is 10.5. The third-order valence-electron chi connectivity index (χ3n) is 2.74. The average molecular weight is 234 g/mol. The molecule has 0 aromatic heterocycles. The minimum Gasteiger partial charge on any atom is -0.352 e. The molecule has 0 aliphatic heterocycles. The first kappa shape index (κ1) is 13.7. The molecule has 1 aromatic rings. The number of nitrogens with one attached hydrogen (secondary N) is 1. The number of benzene rings is 1. The summed E-state index contributed by atoms with van der Waals surface area (Å²) in [7, 11) is 0. The van der Waals surface area contributed by atoms with Crippen molar-refractivity contribution < 1.29 is 4.79 Å². The maximum atomic E-state index is 12.0. The van der Waals surface area contributed by atoms with Crippen molar-refractivity contribution in [2.75, 3.05) is 13.1 Å². The van der Waals surface area contributed by atoms with Crippen LogP contribution < -0.4 is 11.1 Å². The topological polar surface area (TPSA) is 55.1 Å². The van der Waals surface area contributed by atoms with Gasteiger partial charge in [0.25, 0.3) is 5.91 Å². The van der Waals surface area contributed by atoms with Crippen LogP contribution in [0.1, 0.15) is 42.1 Å². The second kappa shape index (κ2) is 7.85. The molecular weight excluding hydrogens is 212 g/mol. The smallest absolute Gasteiger partial charge is 0.251 e. The van der Waals surface area contributed by atoms with Crippen molar-refractivity contribution in [3.8, 4) is 0 Å². The van der Waals surface area contributed by atoms with E-state index in [1.807, 2.05) is 24.3 Å². The molecular formula is C14H22N2O. The summed E-state index contributed by atoms with van der Waals surface area (Å²) in [6.45, 7) is 3.47. The Bertz CT molecular complexity index is 350. The molecule has 3 nitrogen and oxygen atoms in total. The van der Waals surface area contributed by atoms with Crippen molar-refractivity contribution in [3.63, 3.8) is 0 Å². The third kappa shape index (κ3) is 4.57. The summed E-state index contributed by atoms with van der Waals surface area (Å²) in [5.41, 5.74) is 7.33. The zero-order chi connectivity index (χ0) is 12.5. The first-order valence-electron chi connectivity index (χ1n) is 6.35. The number of hydrogen-bond donors (Lipinski definition) is 2. The van der Waals surface area contributed by atoms with Crippen LogP contribution in [0, 0.1) is 0 Å². The fourth-order valence-corrected chi connectivity index (χ4v) is 1.79. The Balaban J connectivity index is 2.55. The molecule has 0 spiro atoms. The van der Waals surface area contributed by atoms with E-state index in [4.69, 9.17) is 5.73 Å². The number of rotatable bonds is 7. The van der Waals surface area contributed by atoms with Crippen molar-refractivity contribution in [3.05, 3.63) is 35.4 Å². The van der Waals surface area contributed by atoms with Crippen LogP contribution >= 0.6 is 0 Å². The van der Waals surface area contributed by atoms with Gasteiger partial charge in [-0.05, 0) is 31.0 Å². The highest BCUT2D eigenvalue weighted by molar-refractivity contribution is 5.95. The molecule has 0 aliphatic rings. The summed E-state index contributed by atoms with van der Waals surface area (Å²) in [5, 5.41) is 2.95. The van der Waals surface area contributed by atoms with E-state index >= 15 is 0 Å². The number of nitrogens with two attached hydrogens (primary N) is 1. The molecule has 1 rings (SSSR count). The second-order valence-electron chi connectivity index (χ2n) is 4.16. The molecule has 17 heavy (non-hydrogen) atoms. The fraction of sp³-hybridized carbons (Fsp3) is 0.500. The molecule has 0 unspecified atom stereocenters. The molecule has 3 N–H and O–H groups in total. The van der Waals surface area contributed by atoms with Crippen LogP contribution in [0.3, 0.4) is 0 Å². The van der Waals surface area contributed by atoms with E-state index in [1.165, 1.54) is 6.42 Å². The molecule has 3 heteroatoms. The Labute approximate surface area is 103 Å². The highest BCUT2D eigenvalue weighted by atomic mass is 16.1. The number of amides is 1. The van der Waals surface area contributed by atoms with Gasteiger partial charge in [0, 0.05) is 12.1 Å². The van der Waals surface area contributed by atoms with Gasteiger partial charge < -0.3 is 11.1 Å². The van der Waals surface area contributed by atoms with Gasteiger partial charge in [0.15, 0.2) is 0 Å². The lowest BCUT2D eigenvalue weighted by atomic mass is 10.0. The maximum Gasteiger partial charge on any atom is 0.251 e. The zero-order valence-corrected chi connectivity index (χ0v) is 10.5. The molecule has 0 fully saturated rings. The largest absolute Gasteiger partial charge is 0.352 e. The summed E-state index contributed by atoms with van der Waals surface area (Å²) in [4.78, 5) is 12.0. The molecule has 0 radical (unpaired) electrons. The van der Waals surface area contributed by atoms with Crippen molar-refractivity contribution in [1.82, 2.24) is 5.32 Å². The summed E-state index contributed by atoms with van der Waals surface area (Å²) < 4.78 is 0. The van der Waals surface area contributed by atoms with Gasteiger partial charge in [-0.1, -0.05) is 38.0 Å². The molecule has 0 saturated heterocycles. The van der Waals surface area contributed by atoms with Crippen molar-refractivity contribution in [2.45, 2.75) is 32.6 Å². The van der Waals surface area contributed by atoms with Crippen LogP contribution in [0.15, 0.2) is 24.3 Å². The van der Waals surface area contributed by atoms with Crippen molar-refractivity contribution >= 4 is 5.91 Å². The SMILES string of the molecule is CCCCCNC(=O)c1ccccc1CCN. The van der Waals surface area contributed by atoms with Crippen LogP contribution in [-0.4, -0.2) is 19.0 Å². The van der Waals surface area contributed by atoms with Crippen LogP contribution in [0.4, 0.5) is 0 Å². The Hall–Kier alpha value is -1.35.